The van der Waals surface area contributed by atoms with E-state index in [2.05, 4.69) is 15.5 Å². The Balaban J connectivity index is 1.18. The third kappa shape index (κ3) is 6.46. The lowest BCUT2D eigenvalue weighted by atomic mass is 10.1. The standard InChI is InChI=1S/C24H29N3O4/c28-23(26-20-5-6-20)17-31-22-9-1-18(2-10-22)11-12-25-24(29)19-3-7-21(8-4-19)27-13-15-30-16-14-27/h1-4,7-10,20H,5-6,11-17H2,(H,25,29)(H,26,28). The van der Waals surface area contributed by atoms with Crippen molar-refractivity contribution < 1.29 is 19.1 Å². The van der Waals surface area contributed by atoms with Gasteiger partial charge in [-0.3, -0.25) is 9.59 Å². The summed E-state index contributed by atoms with van der Waals surface area (Å²) in [6.07, 6.45) is 2.85. The lowest BCUT2D eigenvalue weighted by Crippen LogP contribution is -2.36. The minimum absolute atomic E-state index is 0.0379. The van der Waals surface area contributed by atoms with Crippen LogP contribution in [0.3, 0.4) is 0 Å². The van der Waals surface area contributed by atoms with Crippen molar-refractivity contribution in [2.24, 2.45) is 0 Å². The van der Waals surface area contributed by atoms with Gasteiger partial charge in [-0.05, 0) is 61.2 Å². The summed E-state index contributed by atoms with van der Waals surface area (Å²) in [4.78, 5) is 26.3. The normalized spacial score (nSPS) is 15.9. The Labute approximate surface area is 182 Å². The molecule has 2 aromatic carbocycles. The van der Waals surface area contributed by atoms with Crippen LogP contribution in [0.4, 0.5) is 5.69 Å². The lowest BCUT2D eigenvalue weighted by Gasteiger charge is -2.28. The van der Waals surface area contributed by atoms with Crippen molar-refractivity contribution >= 4 is 17.5 Å². The minimum Gasteiger partial charge on any atom is -0.484 e. The average molecular weight is 424 g/mol. The van der Waals surface area contributed by atoms with Crippen molar-refractivity contribution in [1.29, 1.82) is 0 Å². The summed E-state index contributed by atoms with van der Waals surface area (Å²) in [7, 11) is 0. The van der Waals surface area contributed by atoms with Gasteiger partial charge in [0.05, 0.1) is 13.2 Å². The largest absolute Gasteiger partial charge is 0.484 e. The number of nitrogens with one attached hydrogen (secondary N) is 2. The molecule has 4 rings (SSSR count). The van der Waals surface area contributed by atoms with Crippen molar-refractivity contribution in [3.63, 3.8) is 0 Å². The summed E-state index contributed by atoms with van der Waals surface area (Å²) in [6, 6.07) is 15.7. The number of benzene rings is 2. The molecule has 164 valence electrons. The summed E-state index contributed by atoms with van der Waals surface area (Å²) < 4.78 is 10.9. The highest BCUT2D eigenvalue weighted by Crippen LogP contribution is 2.19. The van der Waals surface area contributed by atoms with E-state index in [0.717, 1.165) is 56.8 Å². The monoisotopic (exact) mass is 423 g/mol. The average Bonchev–Trinajstić information content (AvgIpc) is 3.63. The molecule has 7 nitrogen and oxygen atoms in total. The molecule has 2 N–H and O–H groups in total. The Bertz CT molecular complexity index is 873. The van der Waals surface area contributed by atoms with Crippen molar-refractivity contribution in [2.45, 2.75) is 25.3 Å². The van der Waals surface area contributed by atoms with Crippen LogP contribution in [0, 0.1) is 0 Å². The van der Waals surface area contributed by atoms with Gasteiger partial charge in [-0.15, -0.1) is 0 Å². The molecule has 0 atom stereocenters. The molecule has 0 unspecified atom stereocenters. The van der Waals surface area contributed by atoms with E-state index in [4.69, 9.17) is 9.47 Å². The second kappa shape index (κ2) is 10.3. The first-order valence-corrected chi connectivity index (χ1v) is 10.9. The Kier molecular flexibility index (Phi) is 7.04. The zero-order chi connectivity index (χ0) is 21.5. The van der Waals surface area contributed by atoms with Gasteiger partial charge < -0.3 is 25.0 Å². The summed E-state index contributed by atoms with van der Waals surface area (Å²) in [5.74, 6) is 0.515. The first-order valence-electron chi connectivity index (χ1n) is 10.9. The van der Waals surface area contributed by atoms with Crippen LogP contribution in [0.2, 0.25) is 0 Å². The minimum atomic E-state index is -0.0766. The van der Waals surface area contributed by atoms with E-state index in [1.54, 1.807) is 0 Å². The molecule has 1 saturated heterocycles. The number of amides is 2. The topological polar surface area (TPSA) is 79.9 Å². The van der Waals surface area contributed by atoms with Gasteiger partial charge in [-0.2, -0.15) is 0 Å². The number of rotatable bonds is 9. The number of carbonyl (C=O) groups is 2. The summed E-state index contributed by atoms with van der Waals surface area (Å²) in [5, 5.41) is 5.86. The molecule has 31 heavy (non-hydrogen) atoms. The Hall–Kier alpha value is -3.06. The molecule has 0 radical (unpaired) electrons. The maximum atomic E-state index is 12.4. The number of ether oxygens (including phenoxy) is 2. The van der Waals surface area contributed by atoms with Crippen LogP contribution < -0.4 is 20.3 Å². The van der Waals surface area contributed by atoms with Crippen LogP contribution in [-0.4, -0.2) is 57.3 Å². The van der Waals surface area contributed by atoms with E-state index >= 15 is 0 Å². The predicted molar refractivity (Wildman–Crippen MR) is 119 cm³/mol. The Morgan fingerprint density at radius 2 is 1.71 bits per heavy atom. The van der Waals surface area contributed by atoms with Crippen LogP contribution in [0.15, 0.2) is 48.5 Å². The van der Waals surface area contributed by atoms with E-state index in [1.165, 1.54) is 0 Å². The van der Waals surface area contributed by atoms with E-state index in [9.17, 15) is 9.59 Å². The molecule has 1 heterocycles. The van der Waals surface area contributed by atoms with Gasteiger partial charge in [0.1, 0.15) is 5.75 Å². The van der Waals surface area contributed by atoms with E-state index in [0.29, 0.717) is 23.9 Å². The van der Waals surface area contributed by atoms with Crippen LogP contribution in [0.1, 0.15) is 28.8 Å². The quantitative estimate of drug-likeness (QED) is 0.646. The van der Waals surface area contributed by atoms with Gasteiger partial charge in [-0.25, -0.2) is 0 Å². The molecule has 0 aromatic heterocycles. The van der Waals surface area contributed by atoms with E-state index < -0.39 is 0 Å². The van der Waals surface area contributed by atoms with E-state index in [1.807, 2.05) is 48.5 Å². The maximum absolute atomic E-state index is 12.4. The Morgan fingerprint density at radius 1 is 1.00 bits per heavy atom. The number of carbonyl (C=O) groups excluding carboxylic acids is 2. The van der Waals surface area contributed by atoms with Gasteiger partial charge in [0, 0.05) is 36.9 Å². The molecule has 0 spiro atoms. The molecular formula is C24H29N3O4. The molecule has 1 aliphatic heterocycles. The Morgan fingerprint density at radius 3 is 2.39 bits per heavy atom. The highest BCUT2D eigenvalue weighted by Gasteiger charge is 2.23. The molecule has 2 amide bonds. The van der Waals surface area contributed by atoms with Gasteiger partial charge in [0.25, 0.3) is 11.8 Å². The molecule has 2 aliphatic rings. The highest BCUT2D eigenvalue weighted by atomic mass is 16.5. The smallest absolute Gasteiger partial charge is 0.258 e. The lowest BCUT2D eigenvalue weighted by molar-refractivity contribution is -0.123. The van der Waals surface area contributed by atoms with Gasteiger partial charge in [0.15, 0.2) is 6.61 Å². The second-order valence-electron chi connectivity index (χ2n) is 7.93. The first kappa shape index (κ1) is 21.2. The molecule has 7 heteroatoms. The number of anilines is 1. The predicted octanol–water partition coefficient (Wildman–Crippen LogP) is 2.15. The summed E-state index contributed by atoms with van der Waals surface area (Å²) >= 11 is 0. The van der Waals surface area contributed by atoms with Gasteiger partial charge in [-0.1, -0.05) is 12.1 Å². The molecular weight excluding hydrogens is 394 g/mol. The van der Waals surface area contributed by atoms with Crippen molar-refractivity contribution in [3.8, 4) is 5.75 Å². The molecule has 1 saturated carbocycles. The van der Waals surface area contributed by atoms with Crippen molar-refractivity contribution in [1.82, 2.24) is 10.6 Å². The summed E-state index contributed by atoms with van der Waals surface area (Å²) in [6.45, 7) is 3.83. The number of nitrogens with zero attached hydrogens (tertiary/aromatic N) is 1. The molecule has 0 bridgehead atoms. The summed E-state index contributed by atoms with van der Waals surface area (Å²) in [5.41, 5.74) is 2.87. The van der Waals surface area contributed by atoms with Crippen LogP contribution in [0.5, 0.6) is 5.75 Å². The second-order valence-corrected chi connectivity index (χ2v) is 7.93. The molecule has 1 aliphatic carbocycles. The number of hydrogen-bond acceptors (Lipinski definition) is 5. The van der Waals surface area contributed by atoms with Crippen molar-refractivity contribution in [3.05, 3.63) is 59.7 Å². The maximum Gasteiger partial charge on any atom is 0.258 e. The zero-order valence-electron chi connectivity index (χ0n) is 17.6. The van der Waals surface area contributed by atoms with Gasteiger partial charge >= 0.3 is 0 Å². The van der Waals surface area contributed by atoms with Crippen LogP contribution in [-0.2, 0) is 16.0 Å². The fraction of sp³-hybridized carbons (Fsp3) is 0.417. The van der Waals surface area contributed by atoms with Crippen molar-refractivity contribution in [2.75, 3.05) is 44.4 Å². The fourth-order valence-corrected chi connectivity index (χ4v) is 3.47. The zero-order valence-corrected chi connectivity index (χ0v) is 17.6. The number of morpholine rings is 1. The third-order valence-corrected chi connectivity index (χ3v) is 5.44. The number of hydrogen-bond donors (Lipinski definition) is 2. The highest BCUT2D eigenvalue weighted by molar-refractivity contribution is 5.94. The molecule has 2 aromatic rings. The molecule has 2 fully saturated rings. The van der Waals surface area contributed by atoms with Crippen LogP contribution in [0.25, 0.3) is 0 Å². The SMILES string of the molecule is O=C(COc1ccc(CCNC(=O)c2ccc(N3CCOCC3)cc2)cc1)NC1CC1. The first-order chi connectivity index (χ1) is 15.2. The van der Waals surface area contributed by atoms with E-state index in [-0.39, 0.29) is 18.4 Å². The van der Waals surface area contributed by atoms with Gasteiger partial charge in [0.2, 0.25) is 0 Å². The fourth-order valence-electron chi connectivity index (χ4n) is 3.47. The van der Waals surface area contributed by atoms with Crippen LogP contribution >= 0.6 is 0 Å². The third-order valence-electron chi connectivity index (χ3n) is 5.44.